The molecule has 0 bridgehead atoms. The third kappa shape index (κ3) is 4.23. The number of amides is 3. The molecule has 1 fully saturated rings. The molecule has 4 rings (SSSR count). The topological polar surface area (TPSA) is 74.8 Å². The molecule has 1 aliphatic heterocycles. The van der Waals surface area contributed by atoms with Gasteiger partial charge in [0.15, 0.2) is 5.78 Å². The second-order valence-electron chi connectivity index (χ2n) is 8.74. The first-order valence-corrected chi connectivity index (χ1v) is 11.3. The summed E-state index contributed by atoms with van der Waals surface area (Å²) < 4.78 is 0. The fourth-order valence-electron chi connectivity index (χ4n) is 4.49. The van der Waals surface area contributed by atoms with Gasteiger partial charge in [-0.25, -0.2) is 5.01 Å². The number of aryl methyl sites for hydroxylation is 2. The number of nitrogens with zero attached hydrogens (tertiary/aromatic N) is 2. The number of carbonyl (C=O) groups is 4. The predicted octanol–water partition coefficient (Wildman–Crippen LogP) is 4.39. The smallest absolute Gasteiger partial charge is 0.273 e. The average molecular weight is 465 g/mol. The number of rotatable bonds is 5. The molecular weight excluding hydrogens is 440 g/mol. The van der Waals surface area contributed by atoms with E-state index in [1.165, 1.54) is 12.1 Å². The Balaban J connectivity index is 1.71. The number of benzene rings is 2. The van der Waals surface area contributed by atoms with E-state index in [0.717, 1.165) is 21.1 Å². The van der Waals surface area contributed by atoms with Crippen LogP contribution < -0.4 is 0 Å². The van der Waals surface area contributed by atoms with Crippen LogP contribution in [-0.4, -0.2) is 40.1 Å². The normalized spacial score (nSPS) is 21.8. The molecule has 7 heteroatoms. The van der Waals surface area contributed by atoms with Crippen LogP contribution >= 0.6 is 11.6 Å². The largest absolute Gasteiger partial charge is 0.292 e. The number of ketones is 1. The summed E-state index contributed by atoms with van der Waals surface area (Å²) in [5, 5.41) is 2.34. The van der Waals surface area contributed by atoms with Crippen LogP contribution in [0.2, 0.25) is 5.02 Å². The summed E-state index contributed by atoms with van der Waals surface area (Å²) in [6, 6.07) is 11.4. The summed E-state index contributed by atoms with van der Waals surface area (Å²) in [7, 11) is 0. The van der Waals surface area contributed by atoms with Crippen LogP contribution in [0.15, 0.2) is 54.6 Å². The first kappa shape index (κ1) is 22.9. The average Bonchev–Trinajstić information content (AvgIpc) is 3.05. The molecule has 2 aliphatic rings. The highest BCUT2D eigenvalue weighted by Crippen LogP contribution is 2.39. The lowest BCUT2D eigenvalue weighted by atomic mass is 9.78. The van der Waals surface area contributed by atoms with Gasteiger partial charge < -0.3 is 0 Å². The predicted molar refractivity (Wildman–Crippen MR) is 124 cm³/mol. The number of hydrogen-bond acceptors (Lipinski definition) is 4. The van der Waals surface area contributed by atoms with Crippen molar-refractivity contribution in [2.75, 3.05) is 6.54 Å². The van der Waals surface area contributed by atoms with Crippen molar-refractivity contribution in [2.45, 2.75) is 27.2 Å². The van der Waals surface area contributed by atoms with Gasteiger partial charge in [-0.15, -0.1) is 0 Å². The molecule has 1 heterocycles. The molecule has 0 N–H and O–H groups in total. The third-order valence-electron chi connectivity index (χ3n) is 6.54. The highest BCUT2D eigenvalue weighted by molar-refractivity contribution is 6.30. The number of halogens is 1. The minimum atomic E-state index is -0.607. The van der Waals surface area contributed by atoms with Crippen molar-refractivity contribution in [1.82, 2.24) is 10.0 Å². The van der Waals surface area contributed by atoms with Crippen molar-refractivity contribution in [1.29, 1.82) is 0 Å². The molecule has 1 aliphatic carbocycles. The van der Waals surface area contributed by atoms with Gasteiger partial charge in [0.05, 0.1) is 11.8 Å². The van der Waals surface area contributed by atoms with Crippen LogP contribution in [-0.2, 0) is 9.59 Å². The van der Waals surface area contributed by atoms with Crippen molar-refractivity contribution in [3.63, 3.8) is 0 Å². The molecule has 170 valence electrons. The maximum absolute atomic E-state index is 13.5. The van der Waals surface area contributed by atoms with E-state index in [0.29, 0.717) is 17.0 Å². The summed E-state index contributed by atoms with van der Waals surface area (Å²) >= 11 is 5.96. The van der Waals surface area contributed by atoms with Crippen molar-refractivity contribution < 1.29 is 19.2 Å². The van der Waals surface area contributed by atoms with Crippen molar-refractivity contribution in [2.24, 2.45) is 17.8 Å². The molecule has 3 atom stereocenters. The number of fused-ring (bicyclic) bond motifs is 1. The molecule has 0 radical (unpaired) electrons. The van der Waals surface area contributed by atoms with Gasteiger partial charge in [-0.2, -0.15) is 5.01 Å². The van der Waals surface area contributed by atoms with Gasteiger partial charge in [0.1, 0.15) is 6.54 Å². The Kier molecular flexibility index (Phi) is 6.21. The van der Waals surface area contributed by atoms with E-state index in [-0.39, 0.29) is 17.3 Å². The molecule has 0 unspecified atom stereocenters. The monoisotopic (exact) mass is 464 g/mol. The Labute approximate surface area is 197 Å². The second kappa shape index (κ2) is 8.94. The van der Waals surface area contributed by atoms with Gasteiger partial charge in [0.2, 0.25) is 0 Å². The van der Waals surface area contributed by atoms with Crippen molar-refractivity contribution in [3.8, 4) is 0 Å². The molecule has 6 nitrogen and oxygen atoms in total. The molecule has 3 amide bonds. The van der Waals surface area contributed by atoms with Gasteiger partial charge >= 0.3 is 0 Å². The molecule has 0 saturated carbocycles. The first-order valence-electron chi connectivity index (χ1n) is 10.9. The van der Waals surface area contributed by atoms with E-state index in [1.54, 1.807) is 24.3 Å². The van der Waals surface area contributed by atoms with E-state index >= 15 is 0 Å². The number of carbonyl (C=O) groups excluding carboxylic acids is 4. The van der Waals surface area contributed by atoms with Crippen LogP contribution in [0.3, 0.4) is 0 Å². The number of Topliss-reactive ketones (excluding diaryl/α,β-unsaturated/α-hetero) is 1. The number of hydrazine groups is 1. The van der Waals surface area contributed by atoms with E-state index < -0.39 is 36.1 Å². The first-order chi connectivity index (χ1) is 15.7. The fraction of sp³-hybridized carbons (Fsp3) is 0.308. The highest BCUT2D eigenvalue weighted by Gasteiger charge is 2.53. The zero-order valence-electron chi connectivity index (χ0n) is 18.7. The molecule has 1 saturated heterocycles. The molecular formula is C26H25ClN2O4. The maximum Gasteiger partial charge on any atom is 0.273 e. The Bertz CT molecular complexity index is 1170. The lowest BCUT2D eigenvalue weighted by Gasteiger charge is -2.30. The summed E-state index contributed by atoms with van der Waals surface area (Å²) in [5.74, 6) is -3.07. The minimum Gasteiger partial charge on any atom is -0.292 e. The number of imide groups is 1. The summed E-state index contributed by atoms with van der Waals surface area (Å²) in [6.07, 6.45) is 4.25. The van der Waals surface area contributed by atoms with E-state index in [2.05, 4.69) is 0 Å². The Hall–Kier alpha value is -3.25. The summed E-state index contributed by atoms with van der Waals surface area (Å²) in [4.78, 5) is 53.3. The zero-order valence-corrected chi connectivity index (χ0v) is 19.5. The van der Waals surface area contributed by atoms with Gasteiger partial charge in [-0.05, 0) is 67.6 Å². The van der Waals surface area contributed by atoms with Gasteiger partial charge in [0.25, 0.3) is 17.7 Å². The van der Waals surface area contributed by atoms with Crippen LogP contribution in [0.4, 0.5) is 0 Å². The van der Waals surface area contributed by atoms with Gasteiger partial charge in [0, 0.05) is 16.1 Å². The van der Waals surface area contributed by atoms with Crippen LogP contribution in [0, 0.1) is 31.6 Å². The molecule has 33 heavy (non-hydrogen) atoms. The molecule has 2 aromatic carbocycles. The number of allylic oxidation sites excluding steroid dienone is 2. The van der Waals surface area contributed by atoms with Crippen LogP contribution in [0.5, 0.6) is 0 Å². The van der Waals surface area contributed by atoms with Gasteiger partial charge in [-0.1, -0.05) is 42.8 Å². The zero-order chi connectivity index (χ0) is 23.9. The molecule has 2 aromatic rings. The van der Waals surface area contributed by atoms with Crippen LogP contribution in [0.1, 0.15) is 45.2 Å². The lowest BCUT2D eigenvalue weighted by Crippen LogP contribution is -2.52. The summed E-state index contributed by atoms with van der Waals surface area (Å²) in [6.45, 7) is 5.30. The van der Waals surface area contributed by atoms with E-state index in [1.807, 2.05) is 39.0 Å². The van der Waals surface area contributed by atoms with E-state index in [9.17, 15) is 19.2 Å². The Morgan fingerprint density at radius 3 is 2.30 bits per heavy atom. The summed E-state index contributed by atoms with van der Waals surface area (Å²) in [5.41, 5.74) is 2.62. The van der Waals surface area contributed by atoms with Crippen LogP contribution in [0.25, 0.3) is 0 Å². The maximum atomic E-state index is 13.5. The van der Waals surface area contributed by atoms with E-state index in [4.69, 9.17) is 11.6 Å². The standard InChI is InChI=1S/C26H25ClN2O4/c1-15-7-8-19(13-17(15)3)22(30)14-28(24(31)18-9-11-20(27)12-10-18)29-25(32)21-6-4-5-16(2)23(21)26(29)33/h4-5,7-13,16,21,23H,6,14H2,1-3H3/t16-,21-,23+/m1/s1. The minimum absolute atomic E-state index is 0.131. The Morgan fingerprint density at radius 2 is 1.67 bits per heavy atom. The third-order valence-corrected chi connectivity index (χ3v) is 6.79. The fourth-order valence-corrected chi connectivity index (χ4v) is 4.61. The van der Waals surface area contributed by atoms with Gasteiger partial charge in [-0.3, -0.25) is 19.2 Å². The van der Waals surface area contributed by atoms with Crippen molar-refractivity contribution in [3.05, 3.63) is 81.9 Å². The quantitative estimate of drug-likeness (QED) is 0.373. The lowest BCUT2D eigenvalue weighted by molar-refractivity contribution is -0.154. The van der Waals surface area contributed by atoms with Crippen molar-refractivity contribution >= 4 is 35.1 Å². The SMILES string of the molecule is Cc1ccc(C(=O)CN(C(=O)c2ccc(Cl)cc2)N2C(=O)[C@H]3[C@H](C)C=CC[C@H]3C2=O)cc1C. The molecule has 0 aromatic heterocycles. The second-order valence-corrected chi connectivity index (χ2v) is 9.17. The highest BCUT2D eigenvalue weighted by atomic mass is 35.5. The Morgan fingerprint density at radius 1 is 1.00 bits per heavy atom. The number of hydrogen-bond donors (Lipinski definition) is 0. The molecule has 0 spiro atoms.